The average molecular weight is 292 g/mol. The maximum atomic E-state index is 12.8. The minimum absolute atomic E-state index is 0.0867. The Bertz CT molecular complexity index is 737. The molecule has 0 saturated heterocycles. The van der Waals surface area contributed by atoms with Gasteiger partial charge in [0.2, 0.25) is 0 Å². The van der Waals surface area contributed by atoms with Gasteiger partial charge in [0.1, 0.15) is 0 Å². The van der Waals surface area contributed by atoms with E-state index in [1.54, 1.807) is 0 Å². The fourth-order valence-corrected chi connectivity index (χ4v) is 3.38. The fraction of sp³-hybridized carbons (Fsp3) is 0.538. The van der Waals surface area contributed by atoms with Gasteiger partial charge in [0, 0.05) is 19.2 Å². The van der Waals surface area contributed by atoms with Crippen LogP contribution in [0, 0.1) is 20.5 Å². The predicted octanol–water partition coefficient (Wildman–Crippen LogP) is 0.288. The zero-order chi connectivity index (χ0) is 15.2. The van der Waals surface area contributed by atoms with Crippen LogP contribution in [0.5, 0.6) is 0 Å². The van der Waals surface area contributed by atoms with Crippen molar-refractivity contribution in [3.05, 3.63) is 43.4 Å². The van der Waals surface area contributed by atoms with E-state index in [-0.39, 0.29) is 22.1 Å². The SMILES string of the molecule is CNc1c([N+](=O)[O-])ccc2c1=[N+]([O-])C1(CCCCC1)[N+]=2[O-]. The summed E-state index contributed by atoms with van der Waals surface area (Å²) in [4.78, 5) is 10.5. The van der Waals surface area contributed by atoms with Crippen LogP contribution in [0.25, 0.3) is 0 Å². The number of nitro groups is 1. The molecule has 0 unspecified atom stereocenters. The third-order valence-corrected chi connectivity index (χ3v) is 4.41. The number of fused-ring (bicyclic) bond motifs is 1. The Morgan fingerprint density at radius 3 is 2.43 bits per heavy atom. The van der Waals surface area contributed by atoms with Gasteiger partial charge in [-0.15, -0.1) is 9.48 Å². The van der Waals surface area contributed by atoms with Gasteiger partial charge in [0.25, 0.3) is 11.0 Å². The Kier molecular flexibility index (Phi) is 2.96. The standard InChI is InChI=1S/C13H16N4O4/c1-14-11-9(17(20)21)5-6-10-12(11)16(19)13(15(10)18)7-3-2-4-8-13/h5-6,14H,2-4,7-8H2,1H3. The second kappa shape index (κ2) is 4.57. The predicted molar refractivity (Wildman–Crippen MR) is 76.9 cm³/mol. The third-order valence-electron chi connectivity index (χ3n) is 4.41. The van der Waals surface area contributed by atoms with Crippen molar-refractivity contribution in [1.82, 2.24) is 9.48 Å². The number of hydrogen-bond acceptors (Lipinski definition) is 5. The maximum Gasteiger partial charge on any atom is 0.372 e. The third kappa shape index (κ3) is 1.68. The first-order valence-electron chi connectivity index (χ1n) is 6.97. The molecule has 3 rings (SSSR count). The van der Waals surface area contributed by atoms with Crippen molar-refractivity contribution >= 4 is 11.4 Å². The Hall–Kier alpha value is -2.38. The van der Waals surface area contributed by atoms with Crippen LogP contribution in [0.4, 0.5) is 11.4 Å². The molecule has 1 aliphatic carbocycles. The van der Waals surface area contributed by atoms with Gasteiger partial charge in [-0.05, 0) is 12.8 Å². The van der Waals surface area contributed by atoms with Crippen molar-refractivity contribution in [2.75, 3.05) is 12.4 Å². The van der Waals surface area contributed by atoms with Crippen LogP contribution in [-0.4, -0.2) is 17.6 Å². The topological polar surface area (TPSA) is 107 Å². The summed E-state index contributed by atoms with van der Waals surface area (Å²) >= 11 is 0. The van der Waals surface area contributed by atoms with Crippen molar-refractivity contribution in [2.45, 2.75) is 37.8 Å². The summed E-state index contributed by atoms with van der Waals surface area (Å²) in [5.74, 6) is 0. The van der Waals surface area contributed by atoms with Gasteiger partial charge in [0.15, 0.2) is 5.69 Å². The molecular formula is C13H16N4O4. The number of hydrogen-bond donors (Lipinski definition) is 1. The Morgan fingerprint density at radius 1 is 1.19 bits per heavy atom. The van der Waals surface area contributed by atoms with E-state index in [1.165, 1.54) is 19.2 Å². The molecule has 1 saturated carbocycles. The summed E-state index contributed by atoms with van der Waals surface area (Å²) in [5, 5.41) is 39.4. The fourth-order valence-electron chi connectivity index (χ4n) is 3.38. The van der Waals surface area contributed by atoms with E-state index >= 15 is 0 Å². The van der Waals surface area contributed by atoms with Crippen molar-refractivity contribution in [1.29, 1.82) is 0 Å². The smallest absolute Gasteiger partial charge is 0.372 e. The lowest BCUT2D eigenvalue weighted by atomic mass is 9.90. The van der Waals surface area contributed by atoms with Gasteiger partial charge in [-0.3, -0.25) is 10.1 Å². The van der Waals surface area contributed by atoms with Crippen molar-refractivity contribution < 1.29 is 4.92 Å². The molecule has 0 atom stereocenters. The summed E-state index contributed by atoms with van der Waals surface area (Å²) in [6, 6.07) is 2.64. The summed E-state index contributed by atoms with van der Waals surface area (Å²) in [6.07, 6.45) is 3.57. The van der Waals surface area contributed by atoms with Crippen LogP contribution < -0.4 is 25.5 Å². The van der Waals surface area contributed by atoms with E-state index < -0.39 is 10.6 Å². The number of nitro benzene ring substituents is 1. The van der Waals surface area contributed by atoms with Crippen molar-refractivity contribution in [3.8, 4) is 0 Å². The van der Waals surface area contributed by atoms with Gasteiger partial charge in [-0.25, -0.2) is 0 Å². The molecule has 1 aromatic carbocycles. The van der Waals surface area contributed by atoms with Crippen molar-refractivity contribution in [3.63, 3.8) is 0 Å². The molecule has 8 nitrogen and oxygen atoms in total. The largest absolute Gasteiger partial charge is 0.618 e. The van der Waals surface area contributed by atoms with Crippen LogP contribution in [0.15, 0.2) is 12.1 Å². The van der Waals surface area contributed by atoms with Gasteiger partial charge < -0.3 is 15.7 Å². The molecule has 1 fully saturated rings. The average Bonchev–Trinajstić information content (AvgIpc) is 2.70. The molecule has 0 amide bonds. The zero-order valence-corrected chi connectivity index (χ0v) is 11.7. The number of nitrogens with one attached hydrogen (secondary N) is 1. The summed E-state index contributed by atoms with van der Waals surface area (Å²) < 4.78 is 1.44. The number of hydroxylamine groups is 2. The van der Waals surface area contributed by atoms with Gasteiger partial charge in [-0.1, -0.05) is 6.42 Å². The highest BCUT2D eigenvalue weighted by atomic mass is 16.6. The Labute approximate surface area is 120 Å². The normalized spacial score (nSPS) is 19.7. The second-order valence-corrected chi connectivity index (χ2v) is 5.47. The molecule has 1 heterocycles. The summed E-state index contributed by atoms with van der Waals surface area (Å²) in [6.45, 7) is 0. The van der Waals surface area contributed by atoms with Crippen LogP contribution >= 0.6 is 0 Å². The summed E-state index contributed by atoms with van der Waals surface area (Å²) in [7, 11) is 1.51. The molecule has 1 aliphatic heterocycles. The number of benzene rings is 1. The number of anilines is 1. The van der Waals surface area contributed by atoms with Gasteiger partial charge >= 0.3 is 11.0 Å². The maximum absolute atomic E-state index is 12.8. The van der Waals surface area contributed by atoms with Crippen LogP contribution in [-0.2, 0) is 0 Å². The van der Waals surface area contributed by atoms with Crippen LogP contribution in [0.3, 0.4) is 0 Å². The Balaban J connectivity index is 2.37. The van der Waals surface area contributed by atoms with E-state index in [9.17, 15) is 20.5 Å². The molecule has 0 radical (unpaired) electrons. The van der Waals surface area contributed by atoms with E-state index in [1.807, 2.05) is 0 Å². The molecule has 1 spiro atoms. The highest BCUT2D eigenvalue weighted by molar-refractivity contribution is 5.60. The van der Waals surface area contributed by atoms with E-state index in [2.05, 4.69) is 5.32 Å². The Morgan fingerprint density at radius 2 is 1.86 bits per heavy atom. The molecule has 21 heavy (non-hydrogen) atoms. The highest BCUT2D eigenvalue weighted by Crippen LogP contribution is 2.31. The number of rotatable bonds is 2. The molecule has 1 N–H and O–H groups in total. The lowest BCUT2D eigenvalue weighted by Gasteiger charge is -2.29. The van der Waals surface area contributed by atoms with E-state index in [4.69, 9.17) is 0 Å². The van der Waals surface area contributed by atoms with Gasteiger partial charge in [0.05, 0.1) is 17.8 Å². The summed E-state index contributed by atoms with van der Waals surface area (Å²) in [5.41, 5.74) is -1.23. The molecule has 0 aromatic heterocycles. The lowest BCUT2D eigenvalue weighted by molar-refractivity contribution is -0.384. The molecule has 8 heteroatoms. The zero-order valence-electron chi connectivity index (χ0n) is 11.7. The van der Waals surface area contributed by atoms with Crippen LogP contribution in [0.1, 0.15) is 32.1 Å². The van der Waals surface area contributed by atoms with Gasteiger partial charge in [-0.2, -0.15) is 0 Å². The van der Waals surface area contributed by atoms with E-state index in [0.717, 1.165) is 24.0 Å². The highest BCUT2D eigenvalue weighted by Gasteiger charge is 2.53. The molecular weight excluding hydrogens is 276 g/mol. The first-order valence-corrected chi connectivity index (χ1v) is 6.97. The van der Waals surface area contributed by atoms with Crippen molar-refractivity contribution in [2.24, 2.45) is 0 Å². The first-order chi connectivity index (χ1) is 10.0. The van der Waals surface area contributed by atoms with Crippen LogP contribution in [0.2, 0.25) is 0 Å². The molecule has 112 valence electrons. The minimum Gasteiger partial charge on any atom is -0.618 e. The lowest BCUT2D eigenvalue weighted by Crippen LogP contribution is -2.53. The second-order valence-electron chi connectivity index (χ2n) is 5.47. The molecule has 1 aromatic rings. The molecule has 2 aliphatic rings. The first kappa shape index (κ1) is 13.6. The minimum atomic E-state index is -1.14. The molecule has 0 bridgehead atoms. The monoisotopic (exact) mass is 292 g/mol. The number of nitrogens with zero attached hydrogens (tertiary/aromatic N) is 3. The quantitative estimate of drug-likeness (QED) is 0.365. The van der Waals surface area contributed by atoms with E-state index in [0.29, 0.717) is 17.6 Å².